The fraction of sp³-hybridized carbons (Fsp3) is 0.105. The summed E-state index contributed by atoms with van der Waals surface area (Å²) in [5, 5.41) is 2.60. The number of nitrogens with zero attached hydrogens (tertiary/aromatic N) is 2. The van der Waals surface area contributed by atoms with E-state index in [1.165, 1.54) is 30.5 Å². The average molecular weight is 353 g/mol. The molecule has 130 valence electrons. The molecule has 0 unspecified atom stereocenters. The van der Waals surface area contributed by atoms with Crippen molar-refractivity contribution in [3.8, 4) is 11.3 Å². The quantitative estimate of drug-likeness (QED) is 0.725. The van der Waals surface area contributed by atoms with E-state index in [-0.39, 0.29) is 5.56 Å². The normalized spacial score (nSPS) is 19.1. The zero-order chi connectivity index (χ0) is 18.1. The number of amides is 1. The van der Waals surface area contributed by atoms with E-state index in [0.29, 0.717) is 16.8 Å². The van der Waals surface area contributed by atoms with Gasteiger partial charge >= 0.3 is 6.09 Å². The molecule has 0 spiro atoms. The molecule has 3 aromatic rings. The summed E-state index contributed by atoms with van der Waals surface area (Å²) in [4.78, 5) is 19.8. The Morgan fingerprint density at radius 2 is 1.85 bits per heavy atom. The van der Waals surface area contributed by atoms with Crippen molar-refractivity contribution in [3.05, 3.63) is 83.8 Å². The van der Waals surface area contributed by atoms with E-state index >= 15 is 0 Å². The fourth-order valence-corrected chi connectivity index (χ4v) is 2.93. The van der Waals surface area contributed by atoms with Crippen molar-refractivity contribution in [2.24, 2.45) is 0 Å². The van der Waals surface area contributed by atoms with Gasteiger partial charge in [-0.25, -0.2) is 14.2 Å². The first kappa shape index (κ1) is 16.1. The first-order valence-corrected chi connectivity index (χ1v) is 7.91. The molecule has 1 aromatic carbocycles. The molecule has 2 atom stereocenters. The molecule has 5 nitrogen and oxygen atoms in total. The minimum atomic E-state index is -0.793. The Balaban J connectivity index is 1.75. The molecule has 2 aromatic heterocycles. The first-order chi connectivity index (χ1) is 12.6. The van der Waals surface area contributed by atoms with Gasteiger partial charge in [-0.15, -0.1) is 0 Å². The summed E-state index contributed by atoms with van der Waals surface area (Å²) in [5.74, 6) is -1.12. The van der Waals surface area contributed by atoms with Crippen LogP contribution in [0.5, 0.6) is 0 Å². The Hall–Kier alpha value is -3.35. The number of halogens is 2. The van der Waals surface area contributed by atoms with Crippen LogP contribution in [0, 0.1) is 11.8 Å². The number of carbonyl (C=O) groups is 1. The smallest absolute Gasteiger partial charge is 0.408 e. The number of alkyl carbamates (subject to hydrolysis) is 1. The second-order valence-electron chi connectivity index (χ2n) is 5.82. The number of cyclic esters (lactones) is 1. The standard InChI is InChI=1S/C19H13F2N3O2/c20-13-6-4-11(5-7-13)17-16(24-19(25)26-17)14-9-12(10-23-18(14)21)15-3-1-2-8-22-15/h1-10,16-17H,(H,24,25)/t16-,17-/m1/s1. The highest BCUT2D eigenvalue weighted by Crippen LogP contribution is 2.38. The number of nitrogens with one attached hydrogen (secondary N) is 1. The Labute approximate surface area is 147 Å². The van der Waals surface area contributed by atoms with Crippen LogP contribution in [0.3, 0.4) is 0 Å². The van der Waals surface area contributed by atoms with Gasteiger partial charge in [0.1, 0.15) is 11.9 Å². The highest BCUT2D eigenvalue weighted by molar-refractivity contribution is 5.71. The topological polar surface area (TPSA) is 64.1 Å². The molecule has 26 heavy (non-hydrogen) atoms. The summed E-state index contributed by atoms with van der Waals surface area (Å²) in [7, 11) is 0. The van der Waals surface area contributed by atoms with Gasteiger partial charge < -0.3 is 10.1 Å². The maximum atomic E-state index is 14.4. The number of pyridine rings is 2. The van der Waals surface area contributed by atoms with Gasteiger partial charge in [0.15, 0.2) is 6.10 Å². The number of hydrogen-bond acceptors (Lipinski definition) is 4. The van der Waals surface area contributed by atoms with Crippen molar-refractivity contribution in [2.45, 2.75) is 12.1 Å². The van der Waals surface area contributed by atoms with Gasteiger partial charge in [0, 0.05) is 23.5 Å². The maximum Gasteiger partial charge on any atom is 0.408 e. The molecule has 7 heteroatoms. The molecule has 3 heterocycles. The van der Waals surface area contributed by atoms with Gasteiger partial charge in [0.05, 0.1) is 5.69 Å². The lowest BCUT2D eigenvalue weighted by molar-refractivity contribution is 0.131. The monoisotopic (exact) mass is 353 g/mol. The Kier molecular flexibility index (Phi) is 4.04. The van der Waals surface area contributed by atoms with Gasteiger partial charge in [0.2, 0.25) is 5.95 Å². The number of hydrogen-bond donors (Lipinski definition) is 1. The van der Waals surface area contributed by atoms with Gasteiger partial charge in [-0.05, 0) is 35.9 Å². The molecular formula is C19H13F2N3O2. The number of carbonyl (C=O) groups excluding carboxylic acids is 1. The van der Waals surface area contributed by atoms with Crippen molar-refractivity contribution >= 4 is 6.09 Å². The van der Waals surface area contributed by atoms with E-state index in [0.717, 1.165) is 0 Å². The molecule has 1 aliphatic rings. The minimum Gasteiger partial charge on any atom is -0.439 e. The third kappa shape index (κ3) is 2.99. The number of rotatable bonds is 3. The van der Waals surface area contributed by atoms with Gasteiger partial charge in [0.25, 0.3) is 0 Å². The molecule has 0 bridgehead atoms. The number of benzene rings is 1. The van der Waals surface area contributed by atoms with Crippen LogP contribution >= 0.6 is 0 Å². The fourth-order valence-electron chi connectivity index (χ4n) is 2.93. The number of ether oxygens (including phenoxy) is 1. The summed E-state index contributed by atoms with van der Waals surface area (Å²) >= 11 is 0. The summed E-state index contributed by atoms with van der Waals surface area (Å²) in [5.41, 5.74) is 1.97. The summed E-state index contributed by atoms with van der Waals surface area (Å²) < 4.78 is 32.9. The third-order valence-corrected chi connectivity index (χ3v) is 4.17. The van der Waals surface area contributed by atoms with Crippen LogP contribution in [0.2, 0.25) is 0 Å². The van der Waals surface area contributed by atoms with Gasteiger partial charge in [-0.3, -0.25) is 4.98 Å². The maximum absolute atomic E-state index is 14.4. The van der Waals surface area contributed by atoms with E-state index < -0.39 is 30.0 Å². The van der Waals surface area contributed by atoms with Crippen molar-refractivity contribution in [2.75, 3.05) is 0 Å². The van der Waals surface area contributed by atoms with E-state index in [1.807, 2.05) is 6.07 Å². The first-order valence-electron chi connectivity index (χ1n) is 7.91. The van der Waals surface area contributed by atoms with Gasteiger partial charge in [-0.2, -0.15) is 4.39 Å². The molecule has 1 aliphatic heterocycles. The highest BCUT2D eigenvalue weighted by Gasteiger charge is 2.38. The van der Waals surface area contributed by atoms with E-state index in [1.54, 1.807) is 24.4 Å². The van der Waals surface area contributed by atoms with Crippen LogP contribution in [-0.2, 0) is 4.74 Å². The molecule has 0 saturated carbocycles. The zero-order valence-electron chi connectivity index (χ0n) is 13.4. The minimum absolute atomic E-state index is 0.174. The van der Waals surface area contributed by atoms with E-state index in [2.05, 4.69) is 15.3 Å². The highest BCUT2D eigenvalue weighted by atomic mass is 19.1. The lowest BCUT2D eigenvalue weighted by Crippen LogP contribution is -2.21. The van der Waals surface area contributed by atoms with Gasteiger partial charge in [-0.1, -0.05) is 18.2 Å². The van der Waals surface area contributed by atoms with Crippen molar-refractivity contribution in [3.63, 3.8) is 0 Å². The molecule has 1 saturated heterocycles. The Bertz CT molecular complexity index is 949. The summed E-state index contributed by atoms with van der Waals surface area (Å²) in [6.07, 6.45) is 1.54. The van der Waals surface area contributed by atoms with Crippen molar-refractivity contribution in [1.82, 2.24) is 15.3 Å². The van der Waals surface area contributed by atoms with Crippen LogP contribution in [-0.4, -0.2) is 16.1 Å². The van der Waals surface area contributed by atoms with Crippen LogP contribution in [0.1, 0.15) is 23.3 Å². The molecule has 1 amide bonds. The number of aromatic nitrogens is 2. The third-order valence-electron chi connectivity index (χ3n) is 4.17. The molecule has 4 rings (SSSR count). The predicted molar refractivity (Wildman–Crippen MR) is 88.9 cm³/mol. The summed E-state index contributed by atoms with van der Waals surface area (Å²) in [6, 6.07) is 11.7. The van der Waals surface area contributed by atoms with Crippen molar-refractivity contribution in [1.29, 1.82) is 0 Å². The Morgan fingerprint density at radius 3 is 2.58 bits per heavy atom. The molecular weight excluding hydrogens is 340 g/mol. The van der Waals surface area contributed by atoms with Crippen molar-refractivity contribution < 1.29 is 18.3 Å². The Morgan fingerprint density at radius 1 is 1.04 bits per heavy atom. The second-order valence-corrected chi connectivity index (χ2v) is 5.82. The van der Waals surface area contributed by atoms with Crippen LogP contribution in [0.15, 0.2) is 60.9 Å². The lowest BCUT2D eigenvalue weighted by atomic mass is 9.96. The largest absolute Gasteiger partial charge is 0.439 e. The summed E-state index contributed by atoms with van der Waals surface area (Å²) in [6.45, 7) is 0. The zero-order valence-corrected chi connectivity index (χ0v) is 13.4. The predicted octanol–water partition coefficient (Wildman–Crippen LogP) is 3.94. The molecule has 1 N–H and O–H groups in total. The van der Waals surface area contributed by atoms with Crippen LogP contribution in [0.25, 0.3) is 11.3 Å². The SMILES string of the molecule is O=C1N[C@H](c2cc(-c3ccccn3)cnc2F)[C@@H](c2ccc(F)cc2)O1. The molecule has 0 aliphatic carbocycles. The lowest BCUT2D eigenvalue weighted by Gasteiger charge is -2.18. The second kappa shape index (κ2) is 6.51. The molecule has 1 fully saturated rings. The van der Waals surface area contributed by atoms with Crippen LogP contribution in [0.4, 0.5) is 13.6 Å². The van der Waals surface area contributed by atoms with E-state index in [9.17, 15) is 13.6 Å². The van der Waals surface area contributed by atoms with E-state index in [4.69, 9.17) is 4.74 Å². The average Bonchev–Trinajstić information content (AvgIpc) is 3.05. The molecule has 0 radical (unpaired) electrons. The van der Waals surface area contributed by atoms with Crippen LogP contribution < -0.4 is 5.32 Å².